The van der Waals surface area contributed by atoms with Gasteiger partial charge in [-0.25, -0.2) is 4.79 Å². The van der Waals surface area contributed by atoms with Crippen molar-refractivity contribution in [2.45, 2.75) is 129 Å². The molecule has 0 aromatic heterocycles. The molecular formula is C27H52O4S2. The number of hydrogen-bond donors (Lipinski definition) is 0. The molecule has 0 N–H and O–H groups in total. The maximum atomic E-state index is 12.7. The quantitative estimate of drug-likeness (QED) is 0.0914. The molecule has 1 fully saturated rings. The molecule has 0 radical (unpaired) electrons. The van der Waals surface area contributed by atoms with E-state index in [-0.39, 0.29) is 35.8 Å². The molecule has 1 saturated heterocycles. The second-order valence-corrected chi connectivity index (χ2v) is 13.0. The largest absolute Gasteiger partial charge is 0.459 e. The van der Waals surface area contributed by atoms with Gasteiger partial charge >= 0.3 is 5.97 Å². The first kappa shape index (κ1) is 31.1. The number of unbranched alkanes of at least 4 members (excludes halogenated alkanes) is 6. The monoisotopic (exact) mass is 504 g/mol. The fourth-order valence-electron chi connectivity index (χ4n) is 4.18. The summed E-state index contributed by atoms with van der Waals surface area (Å²) in [4.78, 5) is 12.7. The van der Waals surface area contributed by atoms with Gasteiger partial charge in [-0.3, -0.25) is 0 Å². The Morgan fingerprint density at radius 1 is 1.00 bits per heavy atom. The highest BCUT2D eigenvalue weighted by atomic mass is 32.2. The Labute approximate surface area is 213 Å². The highest BCUT2D eigenvalue weighted by Crippen LogP contribution is 2.44. The van der Waals surface area contributed by atoms with Crippen LogP contribution in [0.4, 0.5) is 0 Å². The second kappa shape index (κ2) is 16.7. The van der Waals surface area contributed by atoms with Crippen molar-refractivity contribution in [3.05, 3.63) is 0 Å². The van der Waals surface area contributed by atoms with Crippen LogP contribution in [0.3, 0.4) is 0 Å². The fourth-order valence-corrected chi connectivity index (χ4v) is 5.63. The molecule has 0 amide bonds. The molecule has 1 aliphatic rings. The molecule has 1 aliphatic heterocycles. The smallest absolute Gasteiger partial charge is 0.332 e. The van der Waals surface area contributed by atoms with Crippen LogP contribution >= 0.6 is 23.5 Å². The maximum Gasteiger partial charge on any atom is 0.332 e. The van der Waals surface area contributed by atoms with Gasteiger partial charge in [-0.2, -0.15) is 23.5 Å². The first-order valence-corrected chi connectivity index (χ1v) is 15.6. The Kier molecular flexibility index (Phi) is 15.8. The maximum absolute atomic E-state index is 12.7. The third-order valence-electron chi connectivity index (χ3n) is 6.48. The van der Waals surface area contributed by atoms with Crippen LogP contribution in [0, 0.1) is 5.41 Å². The molecule has 0 aromatic rings. The average Bonchev–Trinajstić information content (AvgIpc) is 3.59. The molecule has 0 aromatic carbocycles. The van der Waals surface area contributed by atoms with E-state index >= 15 is 0 Å². The molecule has 0 aliphatic carbocycles. The number of carbonyl (C=O) groups is 1. The normalized spacial score (nSPS) is 18.2. The Morgan fingerprint density at radius 2 is 1.61 bits per heavy atom. The van der Waals surface area contributed by atoms with Crippen molar-refractivity contribution in [2.24, 2.45) is 5.41 Å². The minimum absolute atomic E-state index is 0.00114. The number of carbonyl (C=O) groups excluding carboxylic acids is 1. The van der Waals surface area contributed by atoms with Gasteiger partial charge in [0.25, 0.3) is 0 Å². The first-order chi connectivity index (χ1) is 15.6. The van der Waals surface area contributed by atoms with E-state index in [9.17, 15) is 4.79 Å². The Hall–Kier alpha value is 0.0900. The van der Waals surface area contributed by atoms with E-state index < -0.39 is 0 Å². The number of rotatable bonds is 21. The lowest BCUT2D eigenvalue weighted by molar-refractivity contribution is -0.164. The summed E-state index contributed by atoms with van der Waals surface area (Å²) in [6.45, 7) is 13.8. The first-order valence-electron chi connectivity index (χ1n) is 13.2. The van der Waals surface area contributed by atoms with Crippen LogP contribution in [0.1, 0.15) is 106 Å². The Balaban J connectivity index is 2.47. The third-order valence-corrected chi connectivity index (χ3v) is 8.15. The van der Waals surface area contributed by atoms with E-state index in [4.69, 9.17) is 14.2 Å². The highest BCUT2D eigenvalue weighted by molar-refractivity contribution is 8.07. The van der Waals surface area contributed by atoms with Gasteiger partial charge in [0.2, 0.25) is 0 Å². The van der Waals surface area contributed by atoms with E-state index in [1.165, 1.54) is 51.4 Å². The van der Waals surface area contributed by atoms with Gasteiger partial charge in [0.05, 0.1) is 23.6 Å². The summed E-state index contributed by atoms with van der Waals surface area (Å²) in [5.41, 5.74) is -0.161. The summed E-state index contributed by atoms with van der Waals surface area (Å²) in [7, 11) is 0. The van der Waals surface area contributed by atoms with Crippen molar-refractivity contribution in [2.75, 3.05) is 31.0 Å². The van der Waals surface area contributed by atoms with Crippen LogP contribution in [-0.4, -0.2) is 60.0 Å². The average molecular weight is 505 g/mol. The van der Waals surface area contributed by atoms with E-state index in [0.29, 0.717) is 11.9 Å². The van der Waals surface area contributed by atoms with Crippen molar-refractivity contribution < 1.29 is 19.0 Å². The lowest BCUT2D eigenvalue weighted by Gasteiger charge is -2.34. The van der Waals surface area contributed by atoms with Gasteiger partial charge < -0.3 is 14.2 Å². The number of thioether (sulfide) groups is 2. The minimum Gasteiger partial charge on any atom is -0.459 e. The zero-order valence-corrected chi connectivity index (χ0v) is 24.2. The SMILES string of the molecule is CCCCCCC(C)(C)OCC(CSC)OCC(=O)OC(C1CS1)C(C)(C)CCCCCC. The molecule has 196 valence electrons. The summed E-state index contributed by atoms with van der Waals surface area (Å²) < 4.78 is 18.2. The molecular weight excluding hydrogens is 452 g/mol. The summed E-state index contributed by atoms with van der Waals surface area (Å²) in [5, 5.41) is 0.439. The zero-order chi connectivity index (χ0) is 24.7. The predicted octanol–water partition coefficient (Wildman–Crippen LogP) is 7.52. The molecule has 33 heavy (non-hydrogen) atoms. The van der Waals surface area contributed by atoms with E-state index in [1.54, 1.807) is 11.8 Å². The molecule has 3 unspecified atom stereocenters. The van der Waals surface area contributed by atoms with Crippen LogP contribution in [0.15, 0.2) is 0 Å². The van der Waals surface area contributed by atoms with Crippen molar-refractivity contribution in [1.82, 2.24) is 0 Å². The fraction of sp³-hybridized carbons (Fsp3) is 0.963. The standard InChI is InChI=1S/C27H52O4S2/c1-8-10-12-14-16-26(3,4)25(23-21-33-23)31-24(28)19-29-22(20-32-7)18-30-27(5,6)17-15-13-11-9-2/h22-23,25H,8-21H2,1-7H3. The van der Waals surface area contributed by atoms with Crippen molar-refractivity contribution in [3.63, 3.8) is 0 Å². The summed E-state index contributed by atoms with van der Waals surface area (Å²) in [6.07, 6.45) is 14.0. The Bertz CT molecular complexity index is 520. The van der Waals surface area contributed by atoms with Gasteiger partial charge in [0.1, 0.15) is 12.7 Å². The topological polar surface area (TPSA) is 44.8 Å². The van der Waals surface area contributed by atoms with E-state index in [0.717, 1.165) is 24.3 Å². The number of hydrogen-bond acceptors (Lipinski definition) is 6. The third kappa shape index (κ3) is 14.3. The van der Waals surface area contributed by atoms with Crippen LogP contribution < -0.4 is 0 Å². The molecule has 0 bridgehead atoms. The van der Waals surface area contributed by atoms with Crippen molar-refractivity contribution in [3.8, 4) is 0 Å². The van der Waals surface area contributed by atoms with Gasteiger partial charge in [-0.05, 0) is 32.9 Å². The Morgan fingerprint density at radius 3 is 2.15 bits per heavy atom. The predicted molar refractivity (Wildman–Crippen MR) is 146 cm³/mol. The van der Waals surface area contributed by atoms with Crippen LogP contribution in [0.2, 0.25) is 0 Å². The molecule has 3 atom stereocenters. The summed E-state index contributed by atoms with van der Waals surface area (Å²) in [6, 6.07) is 0. The van der Waals surface area contributed by atoms with Gasteiger partial charge in [0.15, 0.2) is 0 Å². The zero-order valence-electron chi connectivity index (χ0n) is 22.6. The van der Waals surface area contributed by atoms with Crippen LogP contribution in [0.5, 0.6) is 0 Å². The molecule has 0 spiro atoms. The van der Waals surface area contributed by atoms with Gasteiger partial charge in [0, 0.05) is 16.9 Å². The van der Waals surface area contributed by atoms with Crippen molar-refractivity contribution >= 4 is 29.5 Å². The summed E-state index contributed by atoms with van der Waals surface area (Å²) in [5.74, 6) is 1.66. The van der Waals surface area contributed by atoms with Crippen LogP contribution in [0.25, 0.3) is 0 Å². The highest BCUT2D eigenvalue weighted by Gasteiger charge is 2.44. The van der Waals surface area contributed by atoms with E-state index in [2.05, 4.69) is 47.8 Å². The molecule has 0 saturated carbocycles. The van der Waals surface area contributed by atoms with Gasteiger partial charge in [-0.1, -0.05) is 79.1 Å². The lowest BCUT2D eigenvalue weighted by Crippen LogP contribution is -2.39. The van der Waals surface area contributed by atoms with E-state index in [1.807, 2.05) is 11.8 Å². The minimum atomic E-state index is -0.237. The van der Waals surface area contributed by atoms with Crippen LogP contribution in [-0.2, 0) is 19.0 Å². The summed E-state index contributed by atoms with van der Waals surface area (Å²) >= 11 is 3.62. The molecule has 1 rings (SSSR count). The molecule has 1 heterocycles. The second-order valence-electron chi connectivity index (χ2n) is 10.9. The number of esters is 1. The lowest BCUT2D eigenvalue weighted by atomic mass is 9.80. The molecule has 6 heteroatoms. The van der Waals surface area contributed by atoms with Crippen molar-refractivity contribution in [1.29, 1.82) is 0 Å². The van der Waals surface area contributed by atoms with Gasteiger partial charge in [-0.15, -0.1) is 0 Å². The number of ether oxygens (including phenoxy) is 3. The molecule has 4 nitrogen and oxygen atoms in total.